The minimum absolute atomic E-state index is 0.408. The predicted molar refractivity (Wildman–Crippen MR) is 116 cm³/mol. The molecule has 2 aromatic rings. The standard InChI is InChI=1S/C14H26N2O.C10H6N2/c1-12-4-3-7-16(11-12)14(17)10-13-5-8-15(2)9-6-13;11-7-9-4-1-3-8-5-2-6-12-10(8)9/h12-13H,3-11H2,1-2H3;1-6H. The first-order valence-electron chi connectivity index (χ1n) is 10.8. The molecule has 5 heteroatoms. The number of pyridine rings is 1. The van der Waals surface area contributed by atoms with Gasteiger partial charge in [-0.3, -0.25) is 9.78 Å². The second-order valence-corrected chi connectivity index (χ2v) is 8.53. The third-order valence-electron chi connectivity index (χ3n) is 6.06. The summed E-state index contributed by atoms with van der Waals surface area (Å²) in [6.07, 6.45) is 7.37. The van der Waals surface area contributed by atoms with Crippen LogP contribution in [0.15, 0.2) is 36.5 Å². The summed E-state index contributed by atoms with van der Waals surface area (Å²) in [5.74, 6) is 1.74. The van der Waals surface area contributed by atoms with Crippen LogP contribution in [0.25, 0.3) is 10.9 Å². The van der Waals surface area contributed by atoms with Gasteiger partial charge in [0, 0.05) is 31.1 Å². The highest BCUT2D eigenvalue weighted by molar-refractivity contribution is 5.83. The molecule has 154 valence electrons. The number of aromatic nitrogens is 1. The van der Waals surface area contributed by atoms with Crippen LogP contribution in [0.2, 0.25) is 0 Å². The van der Waals surface area contributed by atoms with E-state index in [1.807, 2.05) is 24.3 Å². The van der Waals surface area contributed by atoms with Crippen molar-refractivity contribution in [1.29, 1.82) is 5.26 Å². The number of carbonyl (C=O) groups excluding carboxylic acids is 1. The molecule has 0 aliphatic carbocycles. The molecule has 2 aliphatic rings. The smallest absolute Gasteiger partial charge is 0.222 e. The van der Waals surface area contributed by atoms with Gasteiger partial charge in [0.25, 0.3) is 0 Å². The number of nitrogens with zero attached hydrogens (tertiary/aromatic N) is 4. The Morgan fingerprint density at radius 1 is 1.17 bits per heavy atom. The van der Waals surface area contributed by atoms with E-state index in [1.165, 1.54) is 25.7 Å². The molecule has 1 unspecified atom stereocenters. The van der Waals surface area contributed by atoms with E-state index in [0.717, 1.165) is 43.5 Å². The van der Waals surface area contributed by atoms with Crippen molar-refractivity contribution in [3.8, 4) is 6.07 Å². The number of hydrogen-bond acceptors (Lipinski definition) is 4. The monoisotopic (exact) mass is 392 g/mol. The topological polar surface area (TPSA) is 60.2 Å². The Balaban J connectivity index is 0.000000176. The molecule has 0 bridgehead atoms. The van der Waals surface area contributed by atoms with Crippen molar-refractivity contribution < 1.29 is 4.79 Å². The largest absolute Gasteiger partial charge is 0.342 e. The van der Waals surface area contributed by atoms with E-state index in [9.17, 15) is 4.79 Å². The molecular weight excluding hydrogens is 360 g/mol. The quantitative estimate of drug-likeness (QED) is 0.772. The van der Waals surface area contributed by atoms with Gasteiger partial charge >= 0.3 is 0 Å². The van der Waals surface area contributed by atoms with Gasteiger partial charge in [0.2, 0.25) is 5.91 Å². The molecule has 1 aromatic carbocycles. The normalized spacial score (nSPS) is 20.6. The molecule has 0 N–H and O–H groups in total. The van der Waals surface area contributed by atoms with Crippen LogP contribution in [0.5, 0.6) is 0 Å². The fraction of sp³-hybridized carbons (Fsp3) is 0.542. The summed E-state index contributed by atoms with van der Waals surface area (Å²) in [5.41, 5.74) is 1.41. The number of rotatable bonds is 2. The van der Waals surface area contributed by atoms with Crippen molar-refractivity contribution in [2.24, 2.45) is 11.8 Å². The summed E-state index contributed by atoms with van der Waals surface area (Å²) >= 11 is 0. The number of fused-ring (bicyclic) bond motifs is 1. The molecule has 4 rings (SSSR count). The average molecular weight is 393 g/mol. The molecule has 29 heavy (non-hydrogen) atoms. The highest BCUT2D eigenvalue weighted by atomic mass is 16.2. The summed E-state index contributed by atoms with van der Waals surface area (Å²) in [6, 6.07) is 11.5. The molecule has 2 aliphatic heterocycles. The first-order chi connectivity index (χ1) is 14.1. The lowest BCUT2D eigenvalue weighted by atomic mass is 9.92. The Morgan fingerprint density at radius 3 is 2.66 bits per heavy atom. The molecule has 0 radical (unpaired) electrons. The summed E-state index contributed by atoms with van der Waals surface area (Å²) in [5, 5.41) is 9.76. The zero-order valence-electron chi connectivity index (χ0n) is 17.7. The lowest BCUT2D eigenvalue weighted by molar-refractivity contribution is -0.134. The third-order valence-corrected chi connectivity index (χ3v) is 6.06. The van der Waals surface area contributed by atoms with Gasteiger partial charge in [0.1, 0.15) is 6.07 Å². The van der Waals surface area contributed by atoms with Crippen LogP contribution in [-0.4, -0.2) is 53.9 Å². The minimum atomic E-state index is 0.408. The van der Waals surface area contributed by atoms with Crippen LogP contribution >= 0.6 is 0 Å². The highest BCUT2D eigenvalue weighted by Gasteiger charge is 2.25. The summed E-state index contributed by atoms with van der Waals surface area (Å²) < 4.78 is 0. The number of benzene rings is 1. The molecule has 2 fully saturated rings. The molecule has 0 spiro atoms. The molecule has 5 nitrogen and oxygen atoms in total. The Hall–Kier alpha value is -2.45. The number of likely N-dealkylation sites (tertiary alicyclic amines) is 2. The highest BCUT2D eigenvalue weighted by Crippen LogP contribution is 2.23. The van der Waals surface area contributed by atoms with Gasteiger partial charge < -0.3 is 9.80 Å². The Bertz CT molecular complexity index is 846. The van der Waals surface area contributed by atoms with Crippen LogP contribution in [0, 0.1) is 23.2 Å². The molecule has 0 saturated carbocycles. The van der Waals surface area contributed by atoms with Gasteiger partial charge in [-0.25, -0.2) is 0 Å². The number of piperidine rings is 2. The summed E-state index contributed by atoms with van der Waals surface area (Å²) in [7, 11) is 2.17. The molecule has 2 saturated heterocycles. The number of amides is 1. The number of carbonyl (C=O) groups is 1. The zero-order valence-corrected chi connectivity index (χ0v) is 17.7. The van der Waals surface area contributed by atoms with E-state index in [2.05, 4.69) is 34.8 Å². The molecular formula is C24H32N4O. The van der Waals surface area contributed by atoms with E-state index in [-0.39, 0.29) is 0 Å². The summed E-state index contributed by atoms with van der Waals surface area (Å²) in [6.45, 7) is 6.57. The van der Waals surface area contributed by atoms with E-state index in [0.29, 0.717) is 23.3 Å². The maximum Gasteiger partial charge on any atom is 0.222 e. The fourth-order valence-electron chi connectivity index (χ4n) is 4.25. The van der Waals surface area contributed by atoms with E-state index < -0.39 is 0 Å². The van der Waals surface area contributed by atoms with E-state index in [1.54, 1.807) is 12.3 Å². The van der Waals surface area contributed by atoms with Crippen LogP contribution in [0.1, 0.15) is 44.6 Å². The first-order valence-corrected chi connectivity index (χ1v) is 10.8. The van der Waals surface area contributed by atoms with Crippen LogP contribution in [-0.2, 0) is 4.79 Å². The molecule has 1 amide bonds. The Kier molecular flexibility index (Phi) is 7.60. The van der Waals surface area contributed by atoms with Gasteiger partial charge in [-0.2, -0.15) is 5.26 Å². The number of hydrogen-bond donors (Lipinski definition) is 0. The van der Waals surface area contributed by atoms with Crippen LogP contribution < -0.4 is 0 Å². The van der Waals surface area contributed by atoms with Crippen LogP contribution in [0.3, 0.4) is 0 Å². The van der Waals surface area contributed by atoms with Crippen molar-refractivity contribution in [3.05, 3.63) is 42.1 Å². The Morgan fingerprint density at radius 2 is 1.93 bits per heavy atom. The summed E-state index contributed by atoms with van der Waals surface area (Å²) in [4.78, 5) is 20.8. The molecule has 3 heterocycles. The second-order valence-electron chi connectivity index (χ2n) is 8.53. The first kappa shape index (κ1) is 21.3. The lowest BCUT2D eigenvalue weighted by Crippen LogP contribution is -2.41. The Labute approximate surface area is 174 Å². The predicted octanol–water partition coefficient (Wildman–Crippen LogP) is 4.08. The minimum Gasteiger partial charge on any atom is -0.342 e. The van der Waals surface area contributed by atoms with Crippen molar-refractivity contribution in [2.45, 2.75) is 39.0 Å². The maximum atomic E-state index is 12.2. The van der Waals surface area contributed by atoms with Crippen molar-refractivity contribution in [2.75, 3.05) is 33.2 Å². The van der Waals surface area contributed by atoms with Crippen molar-refractivity contribution in [1.82, 2.24) is 14.8 Å². The third kappa shape index (κ3) is 6.01. The van der Waals surface area contributed by atoms with E-state index >= 15 is 0 Å². The fourth-order valence-corrected chi connectivity index (χ4v) is 4.25. The van der Waals surface area contributed by atoms with E-state index in [4.69, 9.17) is 5.26 Å². The van der Waals surface area contributed by atoms with Gasteiger partial charge in [-0.15, -0.1) is 0 Å². The van der Waals surface area contributed by atoms with Gasteiger partial charge in [-0.05, 0) is 69.8 Å². The van der Waals surface area contributed by atoms with Crippen molar-refractivity contribution in [3.63, 3.8) is 0 Å². The number of nitriles is 1. The van der Waals surface area contributed by atoms with Crippen LogP contribution in [0.4, 0.5) is 0 Å². The average Bonchev–Trinajstić information content (AvgIpc) is 2.75. The number of para-hydroxylation sites is 1. The maximum absolute atomic E-state index is 12.2. The second kappa shape index (κ2) is 10.4. The van der Waals surface area contributed by atoms with Crippen molar-refractivity contribution >= 4 is 16.8 Å². The zero-order chi connectivity index (χ0) is 20.6. The SMILES string of the molecule is CC1CCCN(C(=O)CC2CCN(C)CC2)C1.N#Cc1cccc2cccnc12. The van der Waals surface area contributed by atoms with Gasteiger partial charge in [0.05, 0.1) is 11.1 Å². The molecule has 1 aromatic heterocycles. The van der Waals surface area contributed by atoms with Gasteiger partial charge in [0.15, 0.2) is 0 Å². The molecule has 1 atom stereocenters. The lowest BCUT2D eigenvalue weighted by Gasteiger charge is -2.34. The van der Waals surface area contributed by atoms with Gasteiger partial charge in [-0.1, -0.05) is 25.1 Å².